The van der Waals surface area contributed by atoms with Gasteiger partial charge in [-0.3, -0.25) is 9.59 Å². The monoisotopic (exact) mass is 279 g/mol. The first kappa shape index (κ1) is 13.4. The standard InChI is InChI=1S/C13H14ClN3O2/c1-16(7-12(15)18)13(19)8-17-5-4-9-2-3-10(14)6-11(9)17/h2-6H,7-8H2,1H3,(H2,15,18). The number of nitrogens with zero attached hydrogens (tertiary/aromatic N) is 2. The molecule has 0 aliphatic heterocycles. The van der Waals surface area contributed by atoms with E-state index in [2.05, 4.69) is 0 Å². The molecule has 1 aromatic carbocycles. The lowest BCUT2D eigenvalue weighted by atomic mass is 10.2. The van der Waals surface area contributed by atoms with Crippen LogP contribution >= 0.6 is 11.6 Å². The summed E-state index contributed by atoms with van der Waals surface area (Å²) in [6, 6.07) is 7.41. The van der Waals surface area contributed by atoms with Crippen LogP contribution in [0.1, 0.15) is 0 Å². The molecule has 1 aromatic heterocycles. The molecular formula is C13H14ClN3O2. The van der Waals surface area contributed by atoms with E-state index < -0.39 is 5.91 Å². The van der Waals surface area contributed by atoms with Crippen LogP contribution in [0.3, 0.4) is 0 Å². The quantitative estimate of drug-likeness (QED) is 0.915. The highest BCUT2D eigenvalue weighted by Crippen LogP contribution is 2.20. The van der Waals surface area contributed by atoms with Gasteiger partial charge in [0.05, 0.1) is 6.54 Å². The first-order valence-electron chi connectivity index (χ1n) is 5.74. The largest absolute Gasteiger partial charge is 0.368 e. The molecule has 0 unspecified atom stereocenters. The minimum absolute atomic E-state index is 0.0845. The summed E-state index contributed by atoms with van der Waals surface area (Å²) in [5, 5.41) is 1.63. The molecule has 0 aliphatic rings. The number of aromatic nitrogens is 1. The maximum atomic E-state index is 11.9. The van der Waals surface area contributed by atoms with Crippen molar-refractivity contribution in [2.75, 3.05) is 13.6 Å². The van der Waals surface area contributed by atoms with Gasteiger partial charge < -0.3 is 15.2 Å². The number of rotatable bonds is 4. The van der Waals surface area contributed by atoms with E-state index in [9.17, 15) is 9.59 Å². The second-order valence-corrected chi connectivity index (χ2v) is 4.80. The van der Waals surface area contributed by atoms with Crippen LogP contribution in [-0.2, 0) is 16.1 Å². The van der Waals surface area contributed by atoms with Gasteiger partial charge >= 0.3 is 0 Å². The van der Waals surface area contributed by atoms with Gasteiger partial charge in [0.2, 0.25) is 11.8 Å². The van der Waals surface area contributed by atoms with Gasteiger partial charge in [0.25, 0.3) is 0 Å². The molecule has 0 spiro atoms. The number of carbonyl (C=O) groups is 2. The van der Waals surface area contributed by atoms with Crippen molar-refractivity contribution in [2.45, 2.75) is 6.54 Å². The molecule has 0 atom stereocenters. The Kier molecular flexibility index (Phi) is 3.76. The van der Waals surface area contributed by atoms with Crippen molar-refractivity contribution in [3.05, 3.63) is 35.5 Å². The van der Waals surface area contributed by atoms with Gasteiger partial charge in [-0.2, -0.15) is 0 Å². The lowest BCUT2D eigenvalue weighted by molar-refractivity contribution is -0.134. The molecule has 1 heterocycles. The lowest BCUT2D eigenvalue weighted by Gasteiger charge is -2.15. The minimum atomic E-state index is -0.531. The summed E-state index contributed by atoms with van der Waals surface area (Å²) in [5.74, 6) is -0.715. The van der Waals surface area contributed by atoms with Crippen LogP contribution in [0.25, 0.3) is 10.9 Å². The second-order valence-electron chi connectivity index (χ2n) is 4.36. The number of fused-ring (bicyclic) bond motifs is 1. The van der Waals surface area contributed by atoms with E-state index in [0.29, 0.717) is 5.02 Å². The van der Waals surface area contributed by atoms with E-state index in [4.69, 9.17) is 17.3 Å². The van der Waals surface area contributed by atoms with E-state index in [1.54, 1.807) is 23.7 Å². The third kappa shape index (κ3) is 3.06. The number of carbonyl (C=O) groups excluding carboxylic acids is 2. The van der Waals surface area contributed by atoms with Crippen molar-refractivity contribution in [1.29, 1.82) is 0 Å². The molecule has 0 bridgehead atoms. The molecule has 100 valence electrons. The molecule has 5 nitrogen and oxygen atoms in total. The van der Waals surface area contributed by atoms with Crippen LogP contribution in [0.2, 0.25) is 5.02 Å². The summed E-state index contributed by atoms with van der Waals surface area (Å²) in [5.41, 5.74) is 5.94. The SMILES string of the molecule is CN(CC(N)=O)C(=O)Cn1ccc2ccc(Cl)cc21. The van der Waals surface area contributed by atoms with E-state index in [1.165, 1.54) is 4.90 Å². The fourth-order valence-electron chi connectivity index (χ4n) is 1.88. The van der Waals surface area contributed by atoms with Crippen LogP contribution in [-0.4, -0.2) is 34.9 Å². The summed E-state index contributed by atoms with van der Waals surface area (Å²) in [6.45, 7) is 0.0619. The zero-order valence-corrected chi connectivity index (χ0v) is 11.2. The van der Waals surface area contributed by atoms with Gasteiger partial charge in [0, 0.05) is 23.8 Å². The predicted octanol–water partition coefficient (Wildman–Crippen LogP) is 1.24. The van der Waals surface area contributed by atoms with Crippen LogP contribution in [0.15, 0.2) is 30.5 Å². The van der Waals surface area contributed by atoms with Crippen molar-refractivity contribution in [2.24, 2.45) is 5.73 Å². The lowest BCUT2D eigenvalue weighted by Crippen LogP contribution is -2.37. The van der Waals surface area contributed by atoms with Crippen molar-refractivity contribution < 1.29 is 9.59 Å². The summed E-state index contributed by atoms with van der Waals surface area (Å²) >= 11 is 5.95. The third-order valence-corrected chi connectivity index (χ3v) is 3.10. The van der Waals surface area contributed by atoms with E-state index in [1.807, 2.05) is 18.3 Å². The van der Waals surface area contributed by atoms with Crippen LogP contribution < -0.4 is 5.73 Å². The number of likely N-dealkylation sites (N-methyl/N-ethyl adjacent to an activating group) is 1. The average molecular weight is 280 g/mol. The number of primary amides is 1. The molecule has 2 amide bonds. The molecule has 6 heteroatoms. The summed E-state index contributed by atoms with van der Waals surface area (Å²) < 4.78 is 1.79. The fraction of sp³-hybridized carbons (Fsp3) is 0.231. The molecule has 0 radical (unpaired) electrons. The molecule has 2 rings (SSSR count). The molecule has 2 N–H and O–H groups in total. The molecule has 0 fully saturated rings. The minimum Gasteiger partial charge on any atom is -0.368 e. The van der Waals surface area contributed by atoms with E-state index >= 15 is 0 Å². The summed E-state index contributed by atoms with van der Waals surface area (Å²) in [6.07, 6.45) is 1.82. The van der Waals surface area contributed by atoms with Gasteiger partial charge in [-0.15, -0.1) is 0 Å². The smallest absolute Gasteiger partial charge is 0.242 e. The summed E-state index contributed by atoms with van der Waals surface area (Å²) in [4.78, 5) is 24.0. The molecule has 2 aromatic rings. The topological polar surface area (TPSA) is 68.3 Å². The van der Waals surface area contributed by atoms with Gasteiger partial charge in [-0.1, -0.05) is 17.7 Å². The Morgan fingerprint density at radius 3 is 2.79 bits per heavy atom. The molecule has 0 aliphatic carbocycles. The van der Waals surface area contributed by atoms with Crippen molar-refractivity contribution in [3.8, 4) is 0 Å². The Morgan fingerprint density at radius 2 is 2.11 bits per heavy atom. The Morgan fingerprint density at radius 1 is 1.37 bits per heavy atom. The van der Waals surface area contributed by atoms with Crippen molar-refractivity contribution >= 4 is 34.3 Å². The molecule has 0 saturated carbocycles. The van der Waals surface area contributed by atoms with Gasteiger partial charge in [-0.25, -0.2) is 0 Å². The first-order chi connectivity index (χ1) is 8.97. The number of hydrogen-bond acceptors (Lipinski definition) is 2. The Bertz CT molecular complexity index is 636. The van der Waals surface area contributed by atoms with Gasteiger partial charge in [0.15, 0.2) is 0 Å². The number of halogens is 1. The van der Waals surface area contributed by atoms with E-state index in [0.717, 1.165) is 10.9 Å². The van der Waals surface area contributed by atoms with Crippen molar-refractivity contribution in [1.82, 2.24) is 9.47 Å². The van der Waals surface area contributed by atoms with Crippen LogP contribution in [0.5, 0.6) is 0 Å². The number of amides is 2. The van der Waals surface area contributed by atoms with E-state index in [-0.39, 0.29) is 19.0 Å². The predicted molar refractivity (Wildman–Crippen MR) is 73.8 cm³/mol. The number of hydrogen-bond donors (Lipinski definition) is 1. The summed E-state index contributed by atoms with van der Waals surface area (Å²) in [7, 11) is 1.55. The van der Waals surface area contributed by atoms with Crippen molar-refractivity contribution in [3.63, 3.8) is 0 Å². The Labute approximate surface area is 115 Å². The second kappa shape index (κ2) is 5.32. The molecule has 19 heavy (non-hydrogen) atoms. The van der Waals surface area contributed by atoms with Crippen LogP contribution in [0.4, 0.5) is 0 Å². The fourth-order valence-corrected chi connectivity index (χ4v) is 2.05. The zero-order valence-electron chi connectivity index (χ0n) is 10.5. The third-order valence-electron chi connectivity index (χ3n) is 2.86. The normalized spacial score (nSPS) is 10.6. The highest BCUT2D eigenvalue weighted by Gasteiger charge is 2.12. The number of benzene rings is 1. The maximum absolute atomic E-state index is 11.9. The van der Waals surface area contributed by atoms with Gasteiger partial charge in [-0.05, 0) is 23.6 Å². The Balaban J connectivity index is 2.19. The maximum Gasteiger partial charge on any atom is 0.242 e. The average Bonchev–Trinajstić information content (AvgIpc) is 2.71. The number of nitrogens with two attached hydrogens (primary N) is 1. The highest BCUT2D eigenvalue weighted by molar-refractivity contribution is 6.31. The first-order valence-corrected chi connectivity index (χ1v) is 6.12. The van der Waals surface area contributed by atoms with Crippen LogP contribution in [0, 0.1) is 0 Å². The van der Waals surface area contributed by atoms with Gasteiger partial charge in [0.1, 0.15) is 6.54 Å². The molecular weight excluding hydrogens is 266 g/mol. The molecule has 0 saturated heterocycles. The zero-order chi connectivity index (χ0) is 14.0. The highest BCUT2D eigenvalue weighted by atomic mass is 35.5. The Hall–Kier alpha value is -2.01.